The molecular weight excluding hydrogens is 785 g/mol. The van der Waals surface area contributed by atoms with Gasteiger partial charge in [-0.2, -0.15) is 0 Å². The van der Waals surface area contributed by atoms with Crippen LogP contribution in [0.5, 0.6) is 23.0 Å². The molecule has 4 aromatic carbocycles. The molecule has 1 unspecified atom stereocenters. The molecule has 4 aromatic rings. The quantitative estimate of drug-likeness (QED) is 0.0343. The molecule has 10 nitrogen and oxygen atoms in total. The van der Waals surface area contributed by atoms with Crippen LogP contribution in [0.2, 0.25) is 0 Å². The second-order valence-electron chi connectivity index (χ2n) is 16.0. The summed E-state index contributed by atoms with van der Waals surface area (Å²) >= 11 is 0. The van der Waals surface area contributed by atoms with E-state index >= 15 is 0 Å². The zero-order valence-electron chi connectivity index (χ0n) is 36.6. The van der Waals surface area contributed by atoms with Gasteiger partial charge in [-0.3, -0.25) is 0 Å². The molecule has 5 rings (SSSR count). The third kappa shape index (κ3) is 16.3. The SMILES string of the molecule is CCCCCCCCOc1ccc(C(=O)Oc2ccc(C(=O)OCC(OC(=O)c3ccc(OC(=O)c4ccc(OCCCCCCCC)cc4)cc3)C3CCCCC3)cc2)cc1. The predicted molar refractivity (Wildman–Crippen MR) is 239 cm³/mol. The summed E-state index contributed by atoms with van der Waals surface area (Å²) in [7, 11) is 0. The molecule has 0 heterocycles. The molecule has 1 atom stereocenters. The summed E-state index contributed by atoms with van der Waals surface area (Å²) in [6.45, 7) is 5.58. The highest BCUT2D eigenvalue weighted by molar-refractivity contribution is 5.93. The lowest BCUT2D eigenvalue weighted by atomic mass is 9.85. The van der Waals surface area contributed by atoms with Crippen molar-refractivity contribution in [2.75, 3.05) is 19.8 Å². The number of ether oxygens (including phenoxy) is 6. The van der Waals surface area contributed by atoms with Gasteiger partial charge in [0.05, 0.1) is 35.5 Å². The summed E-state index contributed by atoms with van der Waals surface area (Å²) in [5.41, 5.74) is 1.31. The number of carbonyl (C=O) groups excluding carboxylic acids is 4. The van der Waals surface area contributed by atoms with Crippen LogP contribution in [0, 0.1) is 5.92 Å². The van der Waals surface area contributed by atoms with Gasteiger partial charge in [0.1, 0.15) is 35.7 Å². The van der Waals surface area contributed by atoms with Crippen molar-refractivity contribution in [2.45, 2.75) is 129 Å². The standard InChI is InChI=1S/C52H64O10/c1-3-5-7-9-11-16-36-57-44-28-20-41(21-29-44)50(54)60-46-32-24-40(25-33-46)49(53)59-38-48(39-18-14-13-15-19-39)62-52(56)43-26-34-47(35-27-43)61-51(55)42-22-30-45(31-23-42)58-37-17-12-10-8-6-4-2/h20-35,39,48H,3-19,36-38H2,1-2H3. The molecular formula is C52H64O10. The van der Waals surface area contributed by atoms with E-state index in [2.05, 4.69) is 13.8 Å². The predicted octanol–water partition coefficient (Wildman–Crippen LogP) is 12.6. The highest BCUT2D eigenvalue weighted by Gasteiger charge is 2.29. The number of hydrogen-bond acceptors (Lipinski definition) is 10. The number of benzene rings is 4. The van der Waals surface area contributed by atoms with E-state index in [4.69, 9.17) is 28.4 Å². The Labute approximate surface area is 367 Å². The van der Waals surface area contributed by atoms with E-state index in [0.717, 1.165) is 57.8 Å². The number of hydrogen-bond donors (Lipinski definition) is 0. The fourth-order valence-corrected chi connectivity index (χ4v) is 7.39. The first-order valence-corrected chi connectivity index (χ1v) is 22.8. The highest BCUT2D eigenvalue weighted by atomic mass is 16.6. The van der Waals surface area contributed by atoms with Crippen molar-refractivity contribution < 1.29 is 47.6 Å². The molecule has 0 radical (unpaired) electrons. The minimum Gasteiger partial charge on any atom is -0.494 e. The zero-order valence-corrected chi connectivity index (χ0v) is 36.6. The molecule has 10 heteroatoms. The number of rotatable bonds is 26. The van der Waals surface area contributed by atoms with Gasteiger partial charge in [-0.1, -0.05) is 97.3 Å². The minimum atomic E-state index is -0.644. The second kappa shape index (κ2) is 26.6. The van der Waals surface area contributed by atoms with Crippen molar-refractivity contribution in [3.63, 3.8) is 0 Å². The normalized spacial score (nSPS) is 13.1. The molecule has 1 fully saturated rings. The van der Waals surface area contributed by atoms with E-state index in [1.165, 1.54) is 75.6 Å². The van der Waals surface area contributed by atoms with Gasteiger partial charge in [0, 0.05) is 0 Å². The summed E-state index contributed by atoms with van der Waals surface area (Å²) in [5.74, 6) is -0.189. The highest BCUT2D eigenvalue weighted by Crippen LogP contribution is 2.30. The molecule has 0 aromatic heterocycles. The van der Waals surface area contributed by atoms with E-state index in [9.17, 15) is 19.2 Å². The van der Waals surface area contributed by atoms with Crippen LogP contribution in [-0.2, 0) is 9.47 Å². The fraction of sp³-hybridized carbons (Fsp3) is 0.462. The Bertz CT molecular complexity index is 1930. The first-order chi connectivity index (χ1) is 30.3. The van der Waals surface area contributed by atoms with Crippen molar-refractivity contribution in [3.8, 4) is 23.0 Å². The molecule has 1 aliphatic carbocycles. The largest absolute Gasteiger partial charge is 0.494 e. The van der Waals surface area contributed by atoms with Crippen LogP contribution in [0.4, 0.5) is 0 Å². The van der Waals surface area contributed by atoms with Crippen LogP contribution in [0.1, 0.15) is 164 Å². The Balaban J connectivity index is 1.06. The lowest BCUT2D eigenvalue weighted by Gasteiger charge is -2.29. The van der Waals surface area contributed by atoms with Crippen LogP contribution in [0.25, 0.3) is 0 Å². The molecule has 62 heavy (non-hydrogen) atoms. The summed E-state index contributed by atoms with van der Waals surface area (Å²) in [6.07, 6.45) is 18.4. The van der Waals surface area contributed by atoms with Gasteiger partial charge in [0.2, 0.25) is 0 Å². The maximum atomic E-state index is 13.4. The number of carbonyl (C=O) groups is 4. The lowest BCUT2D eigenvalue weighted by molar-refractivity contribution is -0.0247. The Kier molecular flexibility index (Phi) is 20.4. The minimum absolute atomic E-state index is 0.0378. The molecule has 0 saturated heterocycles. The summed E-state index contributed by atoms with van der Waals surface area (Å²) in [5, 5.41) is 0. The average molecular weight is 849 g/mol. The van der Waals surface area contributed by atoms with Crippen LogP contribution in [0.3, 0.4) is 0 Å². The average Bonchev–Trinajstić information content (AvgIpc) is 3.30. The van der Waals surface area contributed by atoms with Crippen molar-refractivity contribution in [2.24, 2.45) is 5.92 Å². The van der Waals surface area contributed by atoms with Crippen molar-refractivity contribution in [1.82, 2.24) is 0 Å². The maximum absolute atomic E-state index is 13.4. The van der Waals surface area contributed by atoms with Gasteiger partial charge in [-0.25, -0.2) is 19.2 Å². The van der Waals surface area contributed by atoms with Gasteiger partial charge >= 0.3 is 23.9 Å². The van der Waals surface area contributed by atoms with Crippen LogP contribution in [0.15, 0.2) is 97.1 Å². The molecule has 332 valence electrons. The Morgan fingerprint density at radius 1 is 0.452 bits per heavy atom. The monoisotopic (exact) mass is 848 g/mol. The van der Waals surface area contributed by atoms with Crippen LogP contribution < -0.4 is 18.9 Å². The lowest BCUT2D eigenvalue weighted by Crippen LogP contribution is -2.33. The molecule has 0 aliphatic heterocycles. The van der Waals surface area contributed by atoms with Crippen molar-refractivity contribution >= 4 is 23.9 Å². The van der Waals surface area contributed by atoms with E-state index in [1.54, 1.807) is 72.8 Å². The third-order valence-corrected chi connectivity index (χ3v) is 11.1. The van der Waals surface area contributed by atoms with Crippen LogP contribution in [-0.4, -0.2) is 49.8 Å². The number of esters is 4. The van der Waals surface area contributed by atoms with E-state index in [0.29, 0.717) is 35.8 Å². The summed E-state index contributed by atoms with van der Waals surface area (Å²) in [4.78, 5) is 52.1. The fourth-order valence-electron chi connectivity index (χ4n) is 7.39. The third-order valence-electron chi connectivity index (χ3n) is 11.1. The van der Waals surface area contributed by atoms with Gasteiger partial charge in [-0.15, -0.1) is 0 Å². The molecule has 1 saturated carbocycles. The van der Waals surface area contributed by atoms with Gasteiger partial charge < -0.3 is 28.4 Å². The molecule has 0 bridgehead atoms. The van der Waals surface area contributed by atoms with E-state index in [-0.39, 0.29) is 35.2 Å². The first kappa shape index (κ1) is 47.4. The van der Waals surface area contributed by atoms with E-state index < -0.39 is 30.0 Å². The van der Waals surface area contributed by atoms with Gasteiger partial charge in [-0.05, 0) is 129 Å². The van der Waals surface area contributed by atoms with E-state index in [1.807, 2.05) is 0 Å². The van der Waals surface area contributed by atoms with Gasteiger partial charge in [0.25, 0.3) is 0 Å². The molecule has 0 N–H and O–H groups in total. The smallest absolute Gasteiger partial charge is 0.343 e. The molecule has 1 aliphatic rings. The maximum Gasteiger partial charge on any atom is 0.343 e. The van der Waals surface area contributed by atoms with Crippen LogP contribution >= 0.6 is 0 Å². The van der Waals surface area contributed by atoms with Gasteiger partial charge in [0.15, 0.2) is 0 Å². The molecule has 0 spiro atoms. The summed E-state index contributed by atoms with van der Waals surface area (Å²) < 4.78 is 34.4. The zero-order chi connectivity index (χ0) is 43.8. The Morgan fingerprint density at radius 2 is 0.823 bits per heavy atom. The van der Waals surface area contributed by atoms with Crippen molar-refractivity contribution in [1.29, 1.82) is 0 Å². The topological polar surface area (TPSA) is 124 Å². The first-order valence-electron chi connectivity index (χ1n) is 22.8. The number of unbranched alkanes of at least 4 members (excludes halogenated alkanes) is 10. The Morgan fingerprint density at radius 3 is 1.26 bits per heavy atom. The molecule has 0 amide bonds. The second-order valence-corrected chi connectivity index (χ2v) is 16.0. The Hall–Kier alpha value is -5.64. The summed E-state index contributed by atoms with van der Waals surface area (Å²) in [6, 6.07) is 26.0. The van der Waals surface area contributed by atoms with Crippen molar-refractivity contribution in [3.05, 3.63) is 119 Å².